The maximum atomic E-state index is 11.2. The van der Waals surface area contributed by atoms with Crippen molar-refractivity contribution in [1.29, 1.82) is 0 Å². The van der Waals surface area contributed by atoms with Crippen molar-refractivity contribution in [2.45, 2.75) is 31.6 Å². The third-order valence-corrected chi connectivity index (χ3v) is 4.34. The zero-order valence-electron chi connectivity index (χ0n) is 10.6. The van der Waals surface area contributed by atoms with Crippen molar-refractivity contribution < 1.29 is 9.32 Å². The lowest BCUT2D eigenvalue weighted by Gasteiger charge is -2.16. The number of benzene rings is 1. The molecule has 3 nitrogen and oxygen atoms in total. The van der Waals surface area contributed by atoms with Crippen molar-refractivity contribution in [3.63, 3.8) is 0 Å². The number of phenolic OH excluding ortho intramolecular Hbond substituents is 1. The highest BCUT2D eigenvalue weighted by Crippen LogP contribution is 2.22. The summed E-state index contributed by atoms with van der Waals surface area (Å²) in [4.78, 5) is 0. The largest absolute Gasteiger partial charge is 0.508 e. The van der Waals surface area contributed by atoms with Crippen LogP contribution in [0, 0.1) is 0 Å². The van der Waals surface area contributed by atoms with E-state index in [9.17, 15) is 9.32 Å². The van der Waals surface area contributed by atoms with E-state index in [4.69, 9.17) is 0 Å². The highest BCUT2D eigenvalue weighted by atomic mass is 32.2. The van der Waals surface area contributed by atoms with Gasteiger partial charge in [0.25, 0.3) is 0 Å². The molecule has 1 aromatic rings. The molecule has 4 heteroatoms. The average Bonchev–Trinajstić information content (AvgIpc) is 2.29. The SMILES string of the molecule is CC(NCCC(C)S(C)=O)c1ccccc1O. The summed E-state index contributed by atoms with van der Waals surface area (Å²) in [5.74, 6) is 0.319. The molecule has 0 heterocycles. The van der Waals surface area contributed by atoms with Crippen LogP contribution in [0.5, 0.6) is 5.75 Å². The van der Waals surface area contributed by atoms with Crippen molar-refractivity contribution in [2.75, 3.05) is 12.8 Å². The number of phenols is 1. The minimum absolute atomic E-state index is 0.105. The molecule has 0 aliphatic carbocycles. The Morgan fingerprint density at radius 3 is 2.59 bits per heavy atom. The van der Waals surface area contributed by atoms with Gasteiger partial charge in [-0.15, -0.1) is 0 Å². The molecular formula is C13H21NO2S. The monoisotopic (exact) mass is 255 g/mol. The summed E-state index contributed by atoms with van der Waals surface area (Å²) < 4.78 is 11.2. The molecule has 0 saturated carbocycles. The Morgan fingerprint density at radius 1 is 1.35 bits per heavy atom. The Kier molecular flexibility index (Phi) is 5.65. The lowest BCUT2D eigenvalue weighted by atomic mass is 10.1. The van der Waals surface area contributed by atoms with Gasteiger partial charge in [0.15, 0.2) is 0 Å². The van der Waals surface area contributed by atoms with Crippen molar-refractivity contribution in [3.8, 4) is 5.75 Å². The van der Waals surface area contributed by atoms with Gasteiger partial charge in [-0.3, -0.25) is 4.21 Å². The molecule has 0 bridgehead atoms. The molecular weight excluding hydrogens is 234 g/mol. The minimum Gasteiger partial charge on any atom is -0.508 e. The van der Waals surface area contributed by atoms with Crippen molar-refractivity contribution in [3.05, 3.63) is 29.8 Å². The molecule has 1 aromatic carbocycles. The molecule has 0 saturated heterocycles. The van der Waals surface area contributed by atoms with Crippen LogP contribution in [0.25, 0.3) is 0 Å². The van der Waals surface area contributed by atoms with Gasteiger partial charge >= 0.3 is 0 Å². The summed E-state index contributed by atoms with van der Waals surface area (Å²) in [5, 5.41) is 13.2. The van der Waals surface area contributed by atoms with Crippen molar-refractivity contribution in [1.82, 2.24) is 5.32 Å². The van der Waals surface area contributed by atoms with Crippen molar-refractivity contribution >= 4 is 10.8 Å². The Bertz CT molecular complexity index is 381. The minimum atomic E-state index is -0.763. The van der Waals surface area contributed by atoms with Crippen molar-refractivity contribution in [2.24, 2.45) is 0 Å². The van der Waals surface area contributed by atoms with E-state index in [2.05, 4.69) is 5.32 Å². The van der Waals surface area contributed by atoms with Crippen LogP contribution >= 0.6 is 0 Å². The van der Waals surface area contributed by atoms with Crippen LogP contribution in [0.1, 0.15) is 31.9 Å². The molecule has 0 aliphatic rings. The third kappa shape index (κ3) is 4.48. The van der Waals surface area contributed by atoms with E-state index in [0.29, 0.717) is 5.75 Å². The lowest BCUT2D eigenvalue weighted by Crippen LogP contribution is -2.24. The average molecular weight is 255 g/mol. The quantitative estimate of drug-likeness (QED) is 0.819. The molecule has 17 heavy (non-hydrogen) atoms. The maximum Gasteiger partial charge on any atom is 0.120 e. The number of rotatable bonds is 6. The second kappa shape index (κ2) is 6.77. The first-order valence-electron chi connectivity index (χ1n) is 5.86. The van der Waals surface area contributed by atoms with E-state index >= 15 is 0 Å². The molecule has 0 radical (unpaired) electrons. The van der Waals surface area contributed by atoms with Gasteiger partial charge < -0.3 is 10.4 Å². The fraction of sp³-hybridized carbons (Fsp3) is 0.538. The van der Waals surface area contributed by atoms with E-state index in [1.165, 1.54) is 0 Å². The second-order valence-electron chi connectivity index (χ2n) is 4.33. The first-order chi connectivity index (χ1) is 8.02. The van der Waals surface area contributed by atoms with E-state index in [0.717, 1.165) is 18.5 Å². The van der Waals surface area contributed by atoms with Crippen LogP contribution in [0.3, 0.4) is 0 Å². The number of hydrogen-bond donors (Lipinski definition) is 2. The van der Waals surface area contributed by atoms with Gasteiger partial charge in [-0.25, -0.2) is 0 Å². The van der Waals surface area contributed by atoms with Gasteiger partial charge in [0.1, 0.15) is 5.75 Å². The molecule has 0 aliphatic heterocycles. The molecule has 0 fully saturated rings. The van der Waals surface area contributed by atoms with Gasteiger partial charge in [-0.2, -0.15) is 0 Å². The number of hydrogen-bond acceptors (Lipinski definition) is 3. The standard InChI is InChI=1S/C13H21NO2S/c1-10(17(3)16)8-9-14-11(2)12-6-4-5-7-13(12)15/h4-7,10-11,14-15H,8-9H2,1-3H3. The van der Waals surface area contributed by atoms with Gasteiger partial charge in [0, 0.05) is 33.9 Å². The number of nitrogens with one attached hydrogen (secondary N) is 1. The van der Waals surface area contributed by atoms with Crippen LogP contribution in [0.15, 0.2) is 24.3 Å². The molecule has 96 valence electrons. The Hall–Kier alpha value is -0.870. The third-order valence-electron chi connectivity index (χ3n) is 2.97. The van der Waals surface area contributed by atoms with Gasteiger partial charge in [0.2, 0.25) is 0 Å². The summed E-state index contributed by atoms with van der Waals surface area (Å²) >= 11 is 0. The molecule has 2 N–H and O–H groups in total. The Balaban J connectivity index is 2.43. The van der Waals surface area contributed by atoms with Gasteiger partial charge in [0.05, 0.1) is 0 Å². The predicted molar refractivity (Wildman–Crippen MR) is 72.7 cm³/mol. The van der Waals surface area contributed by atoms with Crippen LogP contribution in [-0.2, 0) is 10.8 Å². The lowest BCUT2D eigenvalue weighted by molar-refractivity contribution is 0.451. The Morgan fingerprint density at radius 2 is 2.00 bits per heavy atom. The van der Waals surface area contributed by atoms with E-state index in [-0.39, 0.29) is 11.3 Å². The van der Waals surface area contributed by atoms with Crippen LogP contribution < -0.4 is 5.32 Å². The molecule has 0 aromatic heterocycles. The van der Waals surface area contributed by atoms with E-state index < -0.39 is 10.8 Å². The normalized spacial score (nSPS) is 16.4. The summed E-state index contributed by atoms with van der Waals surface area (Å²) in [5.41, 5.74) is 0.901. The van der Waals surface area contributed by atoms with Gasteiger partial charge in [-0.1, -0.05) is 25.1 Å². The van der Waals surface area contributed by atoms with Crippen LogP contribution in [0.2, 0.25) is 0 Å². The highest BCUT2D eigenvalue weighted by molar-refractivity contribution is 7.84. The van der Waals surface area contributed by atoms with Crippen LogP contribution in [0.4, 0.5) is 0 Å². The molecule has 3 atom stereocenters. The maximum absolute atomic E-state index is 11.2. The summed E-state index contributed by atoms with van der Waals surface area (Å²) in [6.07, 6.45) is 2.61. The van der Waals surface area contributed by atoms with E-state index in [1.54, 1.807) is 12.3 Å². The predicted octanol–water partition coefficient (Wildman–Crippen LogP) is 2.20. The fourth-order valence-electron chi connectivity index (χ4n) is 1.63. The highest BCUT2D eigenvalue weighted by Gasteiger charge is 2.10. The molecule has 0 amide bonds. The van der Waals surface area contributed by atoms with Gasteiger partial charge in [-0.05, 0) is 26.0 Å². The zero-order chi connectivity index (χ0) is 12.8. The molecule has 0 spiro atoms. The summed E-state index contributed by atoms with van der Waals surface area (Å²) in [6, 6.07) is 7.44. The van der Waals surface area contributed by atoms with Crippen LogP contribution in [-0.4, -0.2) is 27.4 Å². The first kappa shape index (κ1) is 14.2. The molecule has 1 rings (SSSR count). The Labute approximate surface area is 106 Å². The second-order valence-corrected chi connectivity index (χ2v) is 6.13. The first-order valence-corrected chi connectivity index (χ1v) is 7.48. The fourth-order valence-corrected chi connectivity index (χ4v) is 2.08. The topological polar surface area (TPSA) is 49.3 Å². The molecule has 3 unspecified atom stereocenters. The van der Waals surface area contributed by atoms with E-state index in [1.807, 2.05) is 32.0 Å². The summed E-state index contributed by atoms with van der Waals surface area (Å²) in [7, 11) is -0.763. The number of para-hydroxylation sites is 1. The number of aromatic hydroxyl groups is 1. The zero-order valence-corrected chi connectivity index (χ0v) is 11.5. The summed E-state index contributed by atoms with van der Waals surface area (Å²) in [6.45, 7) is 4.81. The smallest absolute Gasteiger partial charge is 0.120 e.